The topological polar surface area (TPSA) is 72.1 Å². The van der Waals surface area contributed by atoms with Crippen molar-refractivity contribution in [2.75, 3.05) is 20.2 Å². The second kappa shape index (κ2) is 6.35. The first-order valence-electron chi connectivity index (χ1n) is 8.74. The predicted octanol–water partition coefficient (Wildman–Crippen LogP) is 3.04. The molecule has 1 N–H and O–H groups in total. The number of methoxy groups -OCH3 is 1. The molecule has 1 aliphatic heterocycles. The maximum Gasteiger partial charge on any atom is 0.306 e. The Hall–Kier alpha value is -2.05. The number of rotatable bonds is 5. The molecule has 0 radical (unpaired) electrons. The molecule has 2 aliphatic rings. The van der Waals surface area contributed by atoms with Crippen LogP contribution in [0.15, 0.2) is 28.7 Å². The maximum atomic E-state index is 11.1. The molecule has 2 aromatic rings. The van der Waals surface area contributed by atoms with E-state index in [1.807, 2.05) is 24.3 Å². The van der Waals surface area contributed by atoms with Crippen molar-refractivity contribution >= 4 is 16.9 Å². The molecule has 1 unspecified atom stereocenters. The Balaban J connectivity index is 1.51. The highest BCUT2D eigenvalue weighted by Gasteiger charge is 2.45. The van der Waals surface area contributed by atoms with E-state index in [9.17, 15) is 4.79 Å². The number of carbonyl (C=O) groups is 1. The number of aliphatic carboxylic acids is 1. The summed E-state index contributed by atoms with van der Waals surface area (Å²) in [5, 5.41) is 10.1. The Morgan fingerprint density at radius 3 is 2.92 bits per heavy atom. The van der Waals surface area contributed by atoms with Gasteiger partial charge in [0.25, 0.3) is 0 Å². The van der Waals surface area contributed by atoms with Crippen LogP contribution in [0.2, 0.25) is 0 Å². The molecule has 1 atom stereocenters. The number of carboxylic acid groups (broad SMARTS) is 1. The second-order valence-corrected chi connectivity index (χ2v) is 7.16. The average molecular weight is 345 g/mol. The summed E-state index contributed by atoms with van der Waals surface area (Å²) in [5.41, 5.74) is 0.678. The number of carboxylic acids is 1. The van der Waals surface area contributed by atoms with Gasteiger partial charge in [-0.15, -0.1) is 0 Å². The lowest BCUT2D eigenvalue weighted by Gasteiger charge is -2.51. The van der Waals surface area contributed by atoms with Crippen molar-refractivity contribution in [3.05, 3.63) is 30.0 Å². The van der Waals surface area contributed by atoms with Crippen LogP contribution in [-0.2, 0) is 16.1 Å². The van der Waals surface area contributed by atoms with Gasteiger partial charge in [0, 0.05) is 18.5 Å². The van der Waals surface area contributed by atoms with Crippen molar-refractivity contribution < 1.29 is 23.8 Å². The molecule has 6 heteroatoms. The van der Waals surface area contributed by atoms with Gasteiger partial charge in [-0.2, -0.15) is 0 Å². The molecule has 1 saturated heterocycles. The van der Waals surface area contributed by atoms with E-state index < -0.39 is 5.97 Å². The minimum absolute atomic E-state index is 0.0512. The lowest BCUT2D eigenvalue weighted by molar-refractivity contribution is -0.197. The van der Waals surface area contributed by atoms with Crippen molar-refractivity contribution in [3.8, 4) is 5.75 Å². The van der Waals surface area contributed by atoms with Gasteiger partial charge in [-0.3, -0.25) is 9.69 Å². The van der Waals surface area contributed by atoms with E-state index in [4.69, 9.17) is 19.0 Å². The van der Waals surface area contributed by atoms with E-state index >= 15 is 0 Å². The molecule has 0 bridgehead atoms. The zero-order chi connectivity index (χ0) is 17.4. The van der Waals surface area contributed by atoms with Gasteiger partial charge >= 0.3 is 5.97 Å². The molecule has 1 aromatic carbocycles. The van der Waals surface area contributed by atoms with Crippen LogP contribution in [0.25, 0.3) is 11.0 Å². The fourth-order valence-electron chi connectivity index (χ4n) is 3.96. The summed E-state index contributed by atoms with van der Waals surface area (Å²) in [6.45, 7) is 2.12. The van der Waals surface area contributed by atoms with Crippen LogP contribution in [0.1, 0.15) is 31.4 Å². The van der Waals surface area contributed by atoms with Gasteiger partial charge in [0.15, 0.2) is 0 Å². The van der Waals surface area contributed by atoms with Crippen LogP contribution >= 0.6 is 0 Å². The van der Waals surface area contributed by atoms with Crippen molar-refractivity contribution in [2.24, 2.45) is 0 Å². The molecule has 1 aromatic heterocycles. The Morgan fingerprint density at radius 2 is 2.24 bits per heavy atom. The predicted molar refractivity (Wildman–Crippen MR) is 91.8 cm³/mol. The number of morpholine rings is 1. The zero-order valence-corrected chi connectivity index (χ0v) is 14.4. The van der Waals surface area contributed by atoms with E-state index in [-0.39, 0.29) is 18.1 Å². The fraction of sp³-hybridized carbons (Fsp3) is 0.526. The first kappa shape index (κ1) is 16.4. The zero-order valence-electron chi connectivity index (χ0n) is 14.4. The molecule has 1 aliphatic carbocycles. The molecular weight excluding hydrogens is 322 g/mol. The largest absolute Gasteiger partial charge is 0.497 e. The van der Waals surface area contributed by atoms with E-state index in [2.05, 4.69) is 4.90 Å². The van der Waals surface area contributed by atoms with E-state index in [0.717, 1.165) is 48.3 Å². The highest BCUT2D eigenvalue weighted by Crippen LogP contribution is 2.41. The molecule has 6 nitrogen and oxygen atoms in total. The van der Waals surface area contributed by atoms with E-state index in [1.54, 1.807) is 7.11 Å². The number of hydrogen-bond acceptors (Lipinski definition) is 5. The lowest BCUT2D eigenvalue weighted by Crippen LogP contribution is -2.58. The van der Waals surface area contributed by atoms with Gasteiger partial charge in [-0.05, 0) is 43.5 Å². The minimum Gasteiger partial charge on any atom is -0.497 e. The molecule has 0 amide bonds. The second-order valence-electron chi connectivity index (χ2n) is 7.16. The van der Waals surface area contributed by atoms with Crippen LogP contribution < -0.4 is 4.74 Å². The summed E-state index contributed by atoms with van der Waals surface area (Å²) in [6, 6.07) is 7.80. The van der Waals surface area contributed by atoms with Crippen LogP contribution in [0, 0.1) is 0 Å². The Morgan fingerprint density at radius 1 is 1.40 bits per heavy atom. The highest BCUT2D eigenvalue weighted by atomic mass is 16.5. The molecule has 134 valence electrons. The SMILES string of the molecule is COc1ccc2oc(CN3CC(CC(=O)O)OC4(CCC4)C3)cc2c1. The van der Waals surface area contributed by atoms with Gasteiger partial charge in [-0.25, -0.2) is 0 Å². The first-order chi connectivity index (χ1) is 12.0. The minimum atomic E-state index is -0.808. The number of benzene rings is 1. The van der Waals surface area contributed by atoms with Gasteiger partial charge in [-0.1, -0.05) is 0 Å². The number of furan rings is 1. The lowest BCUT2D eigenvalue weighted by atomic mass is 9.78. The third-order valence-electron chi connectivity index (χ3n) is 5.21. The molecular formula is C19H23NO5. The summed E-state index contributed by atoms with van der Waals surface area (Å²) >= 11 is 0. The van der Waals surface area contributed by atoms with Crippen LogP contribution in [-0.4, -0.2) is 47.9 Å². The average Bonchev–Trinajstić information content (AvgIpc) is 2.93. The van der Waals surface area contributed by atoms with Crippen molar-refractivity contribution in [2.45, 2.75) is 43.9 Å². The van der Waals surface area contributed by atoms with Crippen molar-refractivity contribution in [1.29, 1.82) is 0 Å². The number of nitrogens with zero attached hydrogens (tertiary/aromatic N) is 1. The smallest absolute Gasteiger partial charge is 0.306 e. The Labute approximate surface area is 146 Å². The molecule has 4 rings (SSSR count). The normalized spacial score (nSPS) is 22.8. The summed E-state index contributed by atoms with van der Waals surface area (Å²) in [4.78, 5) is 13.4. The monoisotopic (exact) mass is 345 g/mol. The standard InChI is InChI=1S/C19H23NO5/c1-23-14-3-4-17-13(7-14)8-15(24-17)10-20-11-16(9-18(21)22)25-19(12-20)5-2-6-19/h3-4,7-8,16H,2,5-6,9-12H2,1H3,(H,21,22). The molecule has 2 fully saturated rings. The first-order valence-corrected chi connectivity index (χ1v) is 8.74. The summed E-state index contributed by atoms with van der Waals surface area (Å²) in [6.07, 6.45) is 2.97. The quantitative estimate of drug-likeness (QED) is 0.898. The number of fused-ring (bicyclic) bond motifs is 1. The van der Waals surface area contributed by atoms with Gasteiger partial charge in [0.2, 0.25) is 0 Å². The molecule has 2 heterocycles. The van der Waals surface area contributed by atoms with Crippen LogP contribution in [0.4, 0.5) is 0 Å². The van der Waals surface area contributed by atoms with E-state index in [1.165, 1.54) is 0 Å². The number of ether oxygens (including phenoxy) is 2. The Kier molecular flexibility index (Phi) is 4.17. The maximum absolute atomic E-state index is 11.1. The van der Waals surface area contributed by atoms with Crippen molar-refractivity contribution in [3.63, 3.8) is 0 Å². The third-order valence-corrected chi connectivity index (χ3v) is 5.21. The Bertz CT molecular complexity index is 779. The van der Waals surface area contributed by atoms with Gasteiger partial charge < -0.3 is 19.0 Å². The van der Waals surface area contributed by atoms with E-state index in [0.29, 0.717) is 13.1 Å². The van der Waals surface area contributed by atoms with Crippen LogP contribution in [0.3, 0.4) is 0 Å². The summed E-state index contributed by atoms with van der Waals surface area (Å²) in [5.74, 6) is 0.882. The molecule has 1 saturated carbocycles. The fourth-order valence-corrected chi connectivity index (χ4v) is 3.96. The third kappa shape index (κ3) is 3.37. The highest BCUT2D eigenvalue weighted by molar-refractivity contribution is 5.79. The summed E-state index contributed by atoms with van der Waals surface area (Å²) in [7, 11) is 1.65. The van der Waals surface area contributed by atoms with Gasteiger partial charge in [0.05, 0.1) is 31.8 Å². The molecule has 25 heavy (non-hydrogen) atoms. The number of hydrogen-bond donors (Lipinski definition) is 1. The van der Waals surface area contributed by atoms with Gasteiger partial charge in [0.1, 0.15) is 17.1 Å². The molecule has 1 spiro atoms. The van der Waals surface area contributed by atoms with Crippen LogP contribution in [0.5, 0.6) is 5.75 Å². The van der Waals surface area contributed by atoms with Crippen molar-refractivity contribution in [1.82, 2.24) is 4.90 Å². The summed E-state index contributed by atoms with van der Waals surface area (Å²) < 4.78 is 17.3.